The minimum Gasteiger partial charge on any atom is -0.469 e. The van der Waals surface area contributed by atoms with Gasteiger partial charge in [0.1, 0.15) is 0 Å². The molecule has 0 amide bonds. The highest BCUT2D eigenvalue weighted by molar-refractivity contribution is 5.69. The SMILES string of the molecule is COC(=O)CCN1CCN(CCn2ccccc2=O)CC1. The standard InChI is InChI=1S/C15H23N3O3/c1-21-15(20)5-7-16-8-10-17(11-9-16)12-13-18-6-3-2-4-14(18)19/h2-4,6H,5,7-13H2,1H3. The lowest BCUT2D eigenvalue weighted by molar-refractivity contribution is -0.141. The molecule has 0 saturated carbocycles. The highest BCUT2D eigenvalue weighted by Crippen LogP contribution is 2.03. The second-order valence-corrected chi connectivity index (χ2v) is 5.24. The summed E-state index contributed by atoms with van der Waals surface area (Å²) in [6.07, 6.45) is 2.28. The zero-order chi connectivity index (χ0) is 15.1. The van der Waals surface area contributed by atoms with Crippen LogP contribution in [0.1, 0.15) is 6.42 Å². The summed E-state index contributed by atoms with van der Waals surface area (Å²) < 4.78 is 6.39. The molecule has 2 heterocycles. The normalized spacial score (nSPS) is 16.8. The zero-order valence-electron chi connectivity index (χ0n) is 12.5. The van der Waals surface area contributed by atoms with Gasteiger partial charge in [-0.3, -0.25) is 14.5 Å². The van der Waals surface area contributed by atoms with Crippen LogP contribution in [0, 0.1) is 0 Å². The number of carbonyl (C=O) groups excluding carboxylic acids is 1. The predicted octanol–water partition coefficient (Wildman–Crippen LogP) is 0.0290. The maximum atomic E-state index is 11.6. The minimum absolute atomic E-state index is 0.0502. The van der Waals surface area contributed by atoms with Gasteiger partial charge in [0, 0.05) is 58.1 Å². The molecule has 21 heavy (non-hydrogen) atoms. The van der Waals surface area contributed by atoms with Crippen molar-refractivity contribution in [2.75, 3.05) is 46.4 Å². The van der Waals surface area contributed by atoms with Gasteiger partial charge in [0.25, 0.3) is 5.56 Å². The number of pyridine rings is 1. The average Bonchev–Trinajstić information content (AvgIpc) is 2.53. The lowest BCUT2D eigenvalue weighted by atomic mass is 10.3. The van der Waals surface area contributed by atoms with Gasteiger partial charge in [0.2, 0.25) is 0 Å². The molecule has 116 valence electrons. The fraction of sp³-hybridized carbons (Fsp3) is 0.600. The van der Waals surface area contributed by atoms with E-state index < -0.39 is 0 Å². The second-order valence-electron chi connectivity index (χ2n) is 5.24. The Hall–Kier alpha value is -1.66. The average molecular weight is 293 g/mol. The van der Waals surface area contributed by atoms with Gasteiger partial charge in [-0.25, -0.2) is 0 Å². The van der Waals surface area contributed by atoms with Crippen LogP contribution < -0.4 is 5.56 Å². The molecule has 1 saturated heterocycles. The number of piperazine rings is 1. The molecule has 1 aliphatic rings. The van der Waals surface area contributed by atoms with Crippen LogP contribution in [0.5, 0.6) is 0 Å². The van der Waals surface area contributed by atoms with Crippen molar-refractivity contribution < 1.29 is 9.53 Å². The van der Waals surface area contributed by atoms with Gasteiger partial charge in [0.15, 0.2) is 0 Å². The summed E-state index contributed by atoms with van der Waals surface area (Å²) in [6, 6.07) is 5.23. The van der Waals surface area contributed by atoms with Crippen LogP contribution in [0.3, 0.4) is 0 Å². The molecule has 6 nitrogen and oxygen atoms in total. The number of carbonyl (C=O) groups is 1. The fourth-order valence-electron chi connectivity index (χ4n) is 2.48. The van der Waals surface area contributed by atoms with Crippen molar-refractivity contribution in [1.82, 2.24) is 14.4 Å². The fourth-order valence-corrected chi connectivity index (χ4v) is 2.48. The van der Waals surface area contributed by atoms with E-state index in [4.69, 9.17) is 0 Å². The van der Waals surface area contributed by atoms with E-state index in [1.165, 1.54) is 7.11 Å². The van der Waals surface area contributed by atoms with E-state index in [9.17, 15) is 9.59 Å². The molecule has 1 aromatic rings. The van der Waals surface area contributed by atoms with Crippen LogP contribution >= 0.6 is 0 Å². The van der Waals surface area contributed by atoms with Gasteiger partial charge in [-0.1, -0.05) is 6.07 Å². The first-order valence-electron chi connectivity index (χ1n) is 7.36. The smallest absolute Gasteiger partial charge is 0.306 e. The number of methoxy groups -OCH3 is 1. The van der Waals surface area contributed by atoms with Crippen molar-refractivity contribution in [3.63, 3.8) is 0 Å². The molecule has 1 fully saturated rings. The van der Waals surface area contributed by atoms with E-state index in [0.29, 0.717) is 6.42 Å². The summed E-state index contributed by atoms with van der Waals surface area (Å²) in [4.78, 5) is 27.4. The van der Waals surface area contributed by atoms with Crippen LogP contribution in [0.2, 0.25) is 0 Å². The lowest BCUT2D eigenvalue weighted by Crippen LogP contribution is -2.47. The molecule has 1 aliphatic heterocycles. The molecule has 0 aromatic carbocycles. The van der Waals surface area contributed by atoms with Crippen molar-refractivity contribution in [3.05, 3.63) is 34.7 Å². The van der Waals surface area contributed by atoms with E-state index in [0.717, 1.165) is 45.8 Å². The molecule has 0 N–H and O–H groups in total. The Morgan fingerprint density at radius 1 is 1.10 bits per heavy atom. The largest absolute Gasteiger partial charge is 0.469 e. The van der Waals surface area contributed by atoms with Crippen LogP contribution in [0.15, 0.2) is 29.2 Å². The number of hydrogen-bond donors (Lipinski definition) is 0. The van der Waals surface area contributed by atoms with Gasteiger partial charge >= 0.3 is 5.97 Å². The van der Waals surface area contributed by atoms with E-state index in [1.54, 1.807) is 16.7 Å². The Bertz CT molecular complexity index is 507. The van der Waals surface area contributed by atoms with Crippen molar-refractivity contribution in [3.8, 4) is 0 Å². The summed E-state index contributed by atoms with van der Waals surface area (Å²) >= 11 is 0. The number of aromatic nitrogens is 1. The molecule has 1 aromatic heterocycles. The van der Waals surface area contributed by atoms with E-state index in [2.05, 4.69) is 14.5 Å². The summed E-state index contributed by atoms with van der Waals surface area (Å²) in [5.74, 6) is -0.152. The summed E-state index contributed by atoms with van der Waals surface area (Å²) in [6.45, 7) is 6.24. The van der Waals surface area contributed by atoms with E-state index in [1.807, 2.05) is 12.3 Å². The molecular weight excluding hydrogens is 270 g/mol. The van der Waals surface area contributed by atoms with Crippen LogP contribution in [-0.4, -0.2) is 66.7 Å². The molecule has 6 heteroatoms. The topological polar surface area (TPSA) is 54.8 Å². The first-order chi connectivity index (χ1) is 10.2. The van der Waals surface area contributed by atoms with Crippen molar-refractivity contribution >= 4 is 5.97 Å². The van der Waals surface area contributed by atoms with Crippen molar-refractivity contribution in [2.45, 2.75) is 13.0 Å². The third kappa shape index (κ3) is 4.99. The van der Waals surface area contributed by atoms with Crippen LogP contribution in [0.4, 0.5) is 0 Å². The Labute approximate surface area is 124 Å². The van der Waals surface area contributed by atoms with E-state index >= 15 is 0 Å². The van der Waals surface area contributed by atoms with Gasteiger partial charge in [0.05, 0.1) is 13.5 Å². The summed E-state index contributed by atoms with van der Waals surface area (Å²) in [5, 5.41) is 0. The summed E-state index contributed by atoms with van der Waals surface area (Å²) in [5.41, 5.74) is 0.0502. The Kier molecular flexibility index (Phi) is 5.95. The molecule has 0 bridgehead atoms. The Morgan fingerprint density at radius 3 is 2.38 bits per heavy atom. The zero-order valence-corrected chi connectivity index (χ0v) is 12.5. The quantitative estimate of drug-likeness (QED) is 0.693. The molecule has 0 atom stereocenters. The second kappa shape index (κ2) is 7.95. The molecular formula is C15H23N3O3. The highest BCUT2D eigenvalue weighted by Gasteiger charge is 2.17. The molecule has 2 rings (SSSR count). The van der Waals surface area contributed by atoms with Gasteiger partial charge in [-0.15, -0.1) is 0 Å². The first-order valence-corrected chi connectivity index (χ1v) is 7.36. The van der Waals surface area contributed by atoms with Crippen LogP contribution in [0.25, 0.3) is 0 Å². The third-order valence-corrected chi connectivity index (χ3v) is 3.88. The molecule has 0 unspecified atom stereocenters. The van der Waals surface area contributed by atoms with Crippen molar-refractivity contribution in [2.24, 2.45) is 0 Å². The predicted molar refractivity (Wildman–Crippen MR) is 80.2 cm³/mol. The minimum atomic E-state index is -0.152. The van der Waals surface area contributed by atoms with Gasteiger partial charge < -0.3 is 14.2 Å². The number of hydrogen-bond acceptors (Lipinski definition) is 5. The highest BCUT2D eigenvalue weighted by atomic mass is 16.5. The van der Waals surface area contributed by atoms with Gasteiger partial charge in [-0.05, 0) is 6.07 Å². The molecule has 0 aliphatic carbocycles. The maximum absolute atomic E-state index is 11.6. The number of rotatable bonds is 6. The number of esters is 1. The number of nitrogens with zero attached hydrogens (tertiary/aromatic N) is 3. The lowest BCUT2D eigenvalue weighted by Gasteiger charge is -2.34. The molecule has 0 spiro atoms. The van der Waals surface area contributed by atoms with Crippen molar-refractivity contribution in [1.29, 1.82) is 0 Å². The van der Waals surface area contributed by atoms with E-state index in [-0.39, 0.29) is 11.5 Å². The van der Waals surface area contributed by atoms with Crippen LogP contribution in [-0.2, 0) is 16.1 Å². The number of ether oxygens (including phenoxy) is 1. The third-order valence-electron chi connectivity index (χ3n) is 3.88. The maximum Gasteiger partial charge on any atom is 0.306 e. The van der Waals surface area contributed by atoms with Gasteiger partial charge in [-0.2, -0.15) is 0 Å². The molecule has 0 radical (unpaired) electrons. The monoisotopic (exact) mass is 293 g/mol. The Morgan fingerprint density at radius 2 is 1.76 bits per heavy atom. The summed E-state index contributed by atoms with van der Waals surface area (Å²) in [7, 11) is 1.42. The Balaban J connectivity index is 1.68. The first kappa shape index (κ1) is 15.7.